The first-order valence-electron chi connectivity index (χ1n) is 8.98. The van der Waals surface area contributed by atoms with E-state index in [0.29, 0.717) is 24.4 Å². The largest absolute Gasteiger partial charge is 0.382 e. The highest BCUT2D eigenvalue weighted by Gasteiger charge is 2.39. The first-order valence-corrected chi connectivity index (χ1v) is 8.98. The topological polar surface area (TPSA) is 87.0 Å². The summed E-state index contributed by atoms with van der Waals surface area (Å²) in [4.78, 5) is 17.8. The Hall–Kier alpha value is -2.67. The van der Waals surface area contributed by atoms with Gasteiger partial charge in [0.1, 0.15) is 17.0 Å². The average molecular weight is 353 g/mol. The molecule has 1 saturated heterocycles. The van der Waals surface area contributed by atoms with Gasteiger partial charge in [-0.3, -0.25) is 4.79 Å². The van der Waals surface area contributed by atoms with E-state index in [1.54, 1.807) is 15.8 Å². The Balaban J connectivity index is 1.58. The van der Waals surface area contributed by atoms with E-state index in [9.17, 15) is 9.90 Å². The Kier molecular flexibility index (Phi) is 4.03. The fourth-order valence-electron chi connectivity index (χ4n) is 3.52. The van der Waals surface area contributed by atoms with Crippen molar-refractivity contribution in [1.82, 2.24) is 24.9 Å². The molecule has 4 rings (SSSR count). The summed E-state index contributed by atoms with van der Waals surface area (Å²) < 4.78 is 1.73. The third-order valence-electron chi connectivity index (χ3n) is 5.03. The van der Waals surface area contributed by atoms with E-state index in [1.165, 1.54) is 0 Å². The number of hydrogen-bond donors (Lipinski definition) is 2. The molecule has 1 atom stereocenters. The second kappa shape index (κ2) is 6.25. The molecule has 0 bridgehead atoms. The van der Waals surface area contributed by atoms with E-state index >= 15 is 0 Å². The number of carbonyl (C=O) groups is 1. The minimum absolute atomic E-state index is 0.101. The predicted octanol–water partition coefficient (Wildman–Crippen LogP) is 2.46. The van der Waals surface area contributed by atoms with Gasteiger partial charge in [0.2, 0.25) is 0 Å². The highest BCUT2D eigenvalue weighted by Crippen LogP contribution is 2.31. The van der Waals surface area contributed by atoms with Gasteiger partial charge in [-0.25, -0.2) is 4.68 Å². The molecule has 2 aromatic heterocycles. The number of para-hydroxylation sites is 1. The zero-order chi connectivity index (χ0) is 18.3. The number of aromatic nitrogens is 4. The number of nitrogens with one attached hydrogen (secondary N) is 1. The molecule has 1 aliphatic rings. The fourth-order valence-corrected chi connectivity index (χ4v) is 3.52. The molecule has 1 amide bonds. The Bertz CT molecular complexity index is 911. The van der Waals surface area contributed by atoms with Gasteiger partial charge in [0, 0.05) is 23.5 Å². The molecule has 7 nitrogen and oxygen atoms in total. The lowest BCUT2D eigenvalue weighted by atomic mass is 9.90. The zero-order valence-electron chi connectivity index (χ0n) is 15.0. The van der Waals surface area contributed by atoms with Crippen LogP contribution in [0.4, 0.5) is 0 Å². The van der Waals surface area contributed by atoms with Gasteiger partial charge < -0.3 is 15.0 Å². The van der Waals surface area contributed by atoms with Crippen LogP contribution in [0, 0.1) is 0 Å². The molecule has 3 heterocycles. The molecule has 1 aromatic carbocycles. The molecule has 0 aliphatic carbocycles. The van der Waals surface area contributed by atoms with Crippen LogP contribution in [0.25, 0.3) is 10.9 Å². The molecule has 26 heavy (non-hydrogen) atoms. The maximum absolute atomic E-state index is 12.9. The van der Waals surface area contributed by atoms with E-state index in [1.807, 2.05) is 44.2 Å². The van der Waals surface area contributed by atoms with Crippen LogP contribution in [0.1, 0.15) is 48.9 Å². The highest BCUT2D eigenvalue weighted by atomic mass is 16.3. The molecule has 3 aromatic rings. The number of likely N-dealkylation sites (tertiary alicyclic amines) is 1. The van der Waals surface area contributed by atoms with Crippen LogP contribution in [0.3, 0.4) is 0 Å². The number of hydrogen-bond acceptors (Lipinski definition) is 4. The van der Waals surface area contributed by atoms with Gasteiger partial charge in [0.05, 0.1) is 12.7 Å². The van der Waals surface area contributed by atoms with Crippen molar-refractivity contribution in [3.63, 3.8) is 0 Å². The van der Waals surface area contributed by atoms with Gasteiger partial charge in [-0.1, -0.05) is 23.4 Å². The van der Waals surface area contributed by atoms with Gasteiger partial charge >= 0.3 is 0 Å². The Morgan fingerprint density at radius 2 is 2.15 bits per heavy atom. The third-order valence-corrected chi connectivity index (χ3v) is 5.03. The summed E-state index contributed by atoms with van der Waals surface area (Å²) in [7, 11) is 0. The molecular weight excluding hydrogens is 330 g/mol. The maximum atomic E-state index is 12.9. The molecule has 1 fully saturated rings. The number of rotatable bonds is 3. The van der Waals surface area contributed by atoms with Crippen LogP contribution in [0.2, 0.25) is 0 Å². The number of aliphatic hydroxyl groups is 1. The molecule has 0 radical (unpaired) electrons. The minimum atomic E-state index is -1.16. The minimum Gasteiger partial charge on any atom is -0.382 e. The van der Waals surface area contributed by atoms with E-state index in [4.69, 9.17) is 0 Å². The van der Waals surface area contributed by atoms with Crippen LogP contribution < -0.4 is 0 Å². The van der Waals surface area contributed by atoms with Crippen LogP contribution in [0.5, 0.6) is 0 Å². The third kappa shape index (κ3) is 2.88. The van der Waals surface area contributed by atoms with Crippen LogP contribution in [0.15, 0.2) is 36.5 Å². The van der Waals surface area contributed by atoms with E-state index in [2.05, 4.69) is 15.3 Å². The summed E-state index contributed by atoms with van der Waals surface area (Å²) in [6.07, 6.45) is 3.07. The second-order valence-electron chi connectivity index (χ2n) is 7.31. The van der Waals surface area contributed by atoms with Crippen molar-refractivity contribution in [2.45, 2.75) is 38.3 Å². The molecular formula is C19H23N5O2. The lowest BCUT2D eigenvalue weighted by Crippen LogP contribution is -2.48. The van der Waals surface area contributed by atoms with E-state index in [-0.39, 0.29) is 18.5 Å². The molecule has 0 spiro atoms. The lowest BCUT2D eigenvalue weighted by molar-refractivity contribution is -0.0322. The Morgan fingerprint density at radius 3 is 2.88 bits per heavy atom. The smallest absolute Gasteiger partial charge is 0.270 e. The Labute approximate surface area is 151 Å². The molecule has 2 N–H and O–H groups in total. The molecule has 1 aliphatic heterocycles. The summed E-state index contributed by atoms with van der Waals surface area (Å²) in [6, 6.07) is 9.84. The number of aromatic amines is 1. The van der Waals surface area contributed by atoms with Gasteiger partial charge in [0.15, 0.2) is 0 Å². The van der Waals surface area contributed by atoms with Gasteiger partial charge in [-0.2, -0.15) is 0 Å². The summed E-state index contributed by atoms with van der Waals surface area (Å²) in [5, 5.41) is 20.4. The summed E-state index contributed by atoms with van der Waals surface area (Å²) in [6.45, 7) is 4.86. The van der Waals surface area contributed by atoms with Crippen molar-refractivity contribution in [2.24, 2.45) is 0 Å². The zero-order valence-corrected chi connectivity index (χ0v) is 15.0. The quantitative estimate of drug-likeness (QED) is 0.757. The Morgan fingerprint density at radius 1 is 1.35 bits per heavy atom. The monoisotopic (exact) mass is 353 g/mol. The number of piperidine rings is 1. The SMILES string of the molecule is CC(C)n1cc(C2(O)CCCN(C(=O)c3cc4ccccc4[nH]3)C2)nn1. The van der Waals surface area contributed by atoms with Crippen molar-refractivity contribution in [1.29, 1.82) is 0 Å². The summed E-state index contributed by atoms with van der Waals surface area (Å²) in [5.74, 6) is -0.101. The van der Waals surface area contributed by atoms with Crippen molar-refractivity contribution in [3.8, 4) is 0 Å². The van der Waals surface area contributed by atoms with E-state index < -0.39 is 5.60 Å². The molecule has 0 saturated carbocycles. The lowest BCUT2D eigenvalue weighted by Gasteiger charge is -2.37. The average Bonchev–Trinajstić information content (AvgIpc) is 3.28. The highest BCUT2D eigenvalue weighted by molar-refractivity contribution is 5.98. The van der Waals surface area contributed by atoms with Crippen LogP contribution in [-0.2, 0) is 5.60 Å². The van der Waals surface area contributed by atoms with E-state index in [0.717, 1.165) is 17.3 Å². The first kappa shape index (κ1) is 16.8. The fraction of sp³-hybridized carbons (Fsp3) is 0.421. The number of β-amino-alcohol motifs (C(OH)–C–C–N with tert-alkyl or cyclic N) is 1. The number of H-pyrrole nitrogens is 1. The summed E-state index contributed by atoms with van der Waals surface area (Å²) >= 11 is 0. The molecule has 1 unspecified atom stereocenters. The van der Waals surface area contributed by atoms with Crippen molar-refractivity contribution in [2.75, 3.05) is 13.1 Å². The van der Waals surface area contributed by atoms with Crippen molar-refractivity contribution in [3.05, 3.63) is 47.9 Å². The predicted molar refractivity (Wildman–Crippen MR) is 97.7 cm³/mol. The number of fused-ring (bicyclic) bond motifs is 1. The molecule has 136 valence electrons. The van der Waals surface area contributed by atoms with Gasteiger partial charge in [0.25, 0.3) is 5.91 Å². The number of carbonyl (C=O) groups excluding carboxylic acids is 1. The summed E-state index contributed by atoms with van der Waals surface area (Å²) in [5.41, 5.74) is 0.845. The van der Waals surface area contributed by atoms with Gasteiger partial charge in [-0.05, 0) is 38.8 Å². The number of amides is 1. The van der Waals surface area contributed by atoms with Crippen LogP contribution >= 0.6 is 0 Å². The second-order valence-corrected chi connectivity index (χ2v) is 7.31. The molecule has 7 heteroatoms. The number of benzene rings is 1. The standard InChI is InChI=1S/C19H23N5O2/c1-13(2)24-11-17(21-22-24)19(26)8-5-9-23(12-19)18(25)16-10-14-6-3-4-7-15(14)20-16/h3-4,6-7,10-11,13,20,26H,5,8-9,12H2,1-2H3. The maximum Gasteiger partial charge on any atom is 0.270 e. The van der Waals surface area contributed by atoms with Gasteiger partial charge in [-0.15, -0.1) is 5.10 Å². The first-order chi connectivity index (χ1) is 12.5. The number of nitrogens with zero attached hydrogens (tertiary/aromatic N) is 4. The normalized spacial score (nSPS) is 20.8. The van der Waals surface area contributed by atoms with Crippen LogP contribution in [-0.4, -0.2) is 49.0 Å². The van der Waals surface area contributed by atoms with Crippen molar-refractivity contribution < 1.29 is 9.90 Å². The van der Waals surface area contributed by atoms with Crippen molar-refractivity contribution >= 4 is 16.8 Å².